The molecule has 0 aliphatic rings. The molecule has 1 aromatic heterocycles. The first-order valence-electron chi connectivity index (χ1n) is 6.81. The van der Waals surface area contributed by atoms with Gasteiger partial charge in [0.15, 0.2) is 5.15 Å². The van der Waals surface area contributed by atoms with Gasteiger partial charge in [0.05, 0.1) is 5.69 Å². The third-order valence-electron chi connectivity index (χ3n) is 2.49. The molecule has 0 radical (unpaired) electrons. The summed E-state index contributed by atoms with van der Waals surface area (Å²) in [7, 11) is 0. The van der Waals surface area contributed by atoms with Gasteiger partial charge in [0.1, 0.15) is 5.82 Å². The molecule has 0 amide bonds. The number of nitrogens with zero attached hydrogens (tertiary/aromatic N) is 2. The van der Waals surface area contributed by atoms with E-state index < -0.39 is 0 Å². The number of pyridine rings is 1. The standard InChI is InChI=1S/C11H20ClN5.C2H6/c1-2-3-7-17(8-6-13)10-5-4-9(16-14)11(12)15-10;1-2/h4-5,16H,2-3,6-8,13-14H2,1H3;1-2H3. The molecule has 0 aliphatic carbocycles. The fourth-order valence-corrected chi connectivity index (χ4v) is 1.76. The lowest BCUT2D eigenvalue weighted by Gasteiger charge is -2.23. The van der Waals surface area contributed by atoms with Gasteiger partial charge < -0.3 is 16.1 Å². The molecule has 5 N–H and O–H groups in total. The third kappa shape index (κ3) is 6.09. The van der Waals surface area contributed by atoms with E-state index in [1.54, 1.807) is 0 Å². The Labute approximate surface area is 121 Å². The maximum atomic E-state index is 6.00. The highest BCUT2D eigenvalue weighted by Gasteiger charge is 2.09. The smallest absolute Gasteiger partial charge is 0.155 e. The second-order valence-electron chi connectivity index (χ2n) is 3.78. The molecule has 0 fully saturated rings. The molecule has 5 nitrogen and oxygen atoms in total. The Bertz CT molecular complexity index is 346. The molecule has 0 saturated heterocycles. The van der Waals surface area contributed by atoms with Crippen molar-refractivity contribution in [1.82, 2.24) is 4.98 Å². The van der Waals surface area contributed by atoms with E-state index in [9.17, 15) is 0 Å². The first-order chi connectivity index (χ1) is 9.22. The summed E-state index contributed by atoms with van der Waals surface area (Å²) < 4.78 is 0. The van der Waals surface area contributed by atoms with Crippen LogP contribution in [0.4, 0.5) is 11.5 Å². The fourth-order valence-electron chi connectivity index (χ4n) is 1.55. The largest absolute Gasteiger partial charge is 0.355 e. The highest BCUT2D eigenvalue weighted by molar-refractivity contribution is 6.32. The Morgan fingerprint density at radius 1 is 1.32 bits per heavy atom. The van der Waals surface area contributed by atoms with Gasteiger partial charge in [0.2, 0.25) is 0 Å². The molecule has 19 heavy (non-hydrogen) atoms. The van der Waals surface area contributed by atoms with Gasteiger partial charge in [-0.1, -0.05) is 38.8 Å². The van der Waals surface area contributed by atoms with Gasteiger partial charge in [0, 0.05) is 19.6 Å². The topological polar surface area (TPSA) is 80.2 Å². The van der Waals surface area contributed by atoms with Gasteiger partial charge in [-0.2, -0.15) is 0 Å². The fraction of sp³-hybridized carbons (Fsp3) is 0.615. The molecule has 0 unspecified atom stereocenters. The number of unbranched alkanes of at least 4 members (excludes halogenated alkanes) is 1. The van der Waals surface area contributed by atoms with Crippen molar-refractivity contribution in [3.63, 3.8) is 0 Å². The number of nitrogens with two attached hydrogens (primary N) is 2. The van der Waals surface area contributed by atoms with Crippen molar-refractivity contribution in [2.24, 2.45) is 11.6 Å². The van der Waals surface area contributed by atoms with Crippen LogP contribution < -0.4 is 21.9 Å². The summed E-state index contributed by atoms with van der Waals surface area (Å²) in [5, 5.41) is 0.378. The lowest BCUT2D eigenvalue weighted by Crippen LogP contribution is -2.31. The number of halogens is 1. The molecule has 0 spiro atoms. The van der Waals surface area contributed by atoms with Crippen molar-refractivity contribution in [2.75, 3.05) is 30.0 Å². The van der Waals surface area contributed by atoms with Crippen molar-refractivity contribution >= 4 is 23.1 Å². The number of aromatic nitrogens is 1. The molecular formula is C13H26ClN5. The Balaban J connectivity index is 0.00000154. The van der Waals surface area contributed by atoms with E-state index in [-0.39, 0.29) is 0 Å². The second-order valence-corrected chi connectivity index (χ2v) is 4.14. The van der Waals surface area contributed by atoms with Crippen LogP contribution in [0.25, 0.3) is 0 Å². The summed E-state index contributed by atoms with van der Waals surface area (Å²) in [5.74, 6) is 6.15. The minimum absolute atomic E-state index is 0.378. The Morgan fingerprint density at radius 2 is 2.00 bits per heavy atom. The van der Waals surface area contributed by atoms with Crippen LogP contribution in [0.5, 0.6) is 0 Å². The Kier molecular flexibility index (Phi) is 10.2. The number of rotatable bonds is 7. The van der Waals surface area contributed by atoms with Crippen molar-refractivity contribution in [2.45, 2.75) is 33.6 Å². The monoisotopic (exact) mass is 287 g/mol. The number of hydrogen-bond acceptors (Lipinski definition) is 5. The number of hydrazine groups is 1. The van der Waals surface area contributed by atoms with Gasteiger partial charge >= 0.3 is 0 Å². The first-order valence-corrected chi connectivity index (χ1v) is 7.18. The molecule has 1 rings (SSSR count). The van der Waals surface area contributed by atoms with Crippen LogP contribution in [0.2, 0.25) is 5.15 Å². The number of anilines is 2. The van der Waals surface area contributed by atoms with Crippen LogP contribution in [0.3, 0.4) is 0 Å². The van der Waals surface area contributed by atoms with Crippen LogP contribution >= 0.6 is 11.6 Å². The lowest BCUT2D eigenvalue weighted by molar-refractivity contribution is 0.708. The van der Waals surface area contributed by atoms with Gasteiger partial charge in [-0.3, -0.25) is 5.84 Å². The summed E-state index contributed by atoms with van der Waals surface area (Å²) in [5.41, 5.74) is 8.72. The minimum atomic E-state index is 0.378. The van der Waals surface area contributed by atoms with Crippen molar-refractivity contribution in [1.29, 1.82) is 0 Å². The van der Waals surface area contributed by atoms with E-state index >= 15 is 0 Å². The molecule has 1 aromatic rings. The SMILES string of the molecule is CC.CCCCN(CCN)c1ccc(NN)c(Cl)n1. The molecule has 0 bridgehead atoms. The number of hydrogen-bond donors (Lipinski definition) is 3. The van der Waals surface area contributed by atoms with Gasteiger partial charge in [-0.05, 0) is 18.6 Å². The van der Waals surface area contributed by atoms with Crippen molar-refractivity contribution in [3.8, 4) is 0 Å². The molecule has 6 heteroatoms. The maximum absolute atomic E-state index is 6.00. The van der Waals surface area contributed by atoms with E-state index in [0.717, 1.165) is 31.7 Å². The average molecular weight is 288 g/mol. The Hall–Kier alpha value is -1.04. The zero-order valence-electron chi connectivity index (χ0n) is 12.1. The summed E-state index contributed by atoms with van der Waals surface area (Å²) in [6.45, 7) is 8.47. The summed E-state index contributed by atoms with van der Waals surface area (Å²) >= 11 is 6.00. The summed E-state index contributed by atoms with van der Waals surface area (Å²) in [6, 6.07) is 3.71. The van der Waals surface area contributed by atoms with E-state index in [2.05, 4.69) is 22.2 Å². The highest BCUT2D eigenvalue weighted by atomic mass is 35.5. The molecule has 110 valence electrons. The van der Waals surface area contributed by atoms with Gasteiger partial charge in [-0.25, -0.2) is 4.98 Å². The predicted molar refractivity (Wildman–Crippen MR) is 84.6 cm³/mol. The molecule has 0 saturated carbocycles. The summed E-state index contributed by atoms with van der Waals surface area (Å²) in [6.07, 6.45) is 2.24. The first kappa shape index (κ1) is 18.0. The molecule has 0 aromatic carbocycles. The molecule has 0 aliphatic heterocycles. The van der Waals surface area contributed by atoms with Crippen LogP contribution in [0, 0.1) is 0 Å². The van der Waals surface area contributed by atoms with E-state index in [4.69, 9.17) is 23.2 Å². The number of nitrogen functional groups attached to an aromatic ring is 1. The molecule has 0 atom stereocenters. The predicted octanol–water partition coefficient (Wildman–Crippen LogP) is 2.61. The highest BCUT2D eigenvalue weighted by Crippen LogP contribution is 2.22. The van der Waals surface area contributed by atoms with Crippen LogP contribution in [-0.2, 0) is 0 Å². The molecular weight excluding hydrogens is 262 g/mol. The van der Waals surface area contributed by atoms with E-state index in [0.29, 0.717) is 17.4 Å². The average Bonchev–Trinajstić information content (AvgIpc) is 2.45. The van der Waals surface area contributed by atoms with Crippen LogP contribution in [0.15, 0.2) is 12.1 Å². The van der Waals surface area contributed by atoms with Gasteiger partial charge in [-0.15, -0.1) is 0 Å². The van der Waals surface area contributed by atoms with Crippen LogP contribution in [0.1, 0.15) is 33.6 Å². The quantitative estimate of drug-likeness (QED) is 0.408. The molecule has 1 heterocycles. The zero-order chi connectivity index (χ0) is 14.7. The van der Waals surface area contributed by atoms with Gasteiger partial charge in [0.25, 0.3) is 0 Å². The maximum Gasteiger partial charge on any atom is 0.155 e. The minimum Gasteiger partial charge on any atom is -0.355 e. The normalized spacial score (nSPS) is 9.58. The van der Waals surface area contributed by atoms with Crippen molar-refractivity contribution < 1.29 is 0 Å². The summed E-state index contributed by atoms with van der Waals surface area (Å²) in [4.78, 5) is 6.44. The van der Waals surface area contributed by atoms with E-state index in [1.807, 2.05) is 26.0 Å². The van der Waals surface area contributed by atoms with E-state index in [1.165, 1.54) is 0 Å². The zero-order valence-corrected chi connectivity index (χ0v) is 12.9. The third-order valence-corrected chi connectivity index (χ3v) is 2.78. The van der Waals surface area contributed by atoms with Crippen LogP contribution in [-0.4, -0.2) is 24.6 Å². The number of nitrogens with one attached hydrogen (secondary N) is 1. The Morgan fingerprint density at radius 3 is 2.47 bits per heavy atom. The van der Waals surface area contributed by atoms with Crippen molar-refractivity contribution in [3.05, 3.63) is 17.3 Å². The lowest BCUT2D eigenvalue weighted by atomic mass is 10.3. The second kappa shape index (κ2) is 10.8.